The Bertz CT molecular complexity index is 396. The number of ether oxygens (including phenoxy) is 1. The number of allylic oxidation sites excluding steroid dienone is 2. The molecule has 1 aliphatic carbocycles. The molecule has 0 aliphatic heterocycles. The molecule has 0 radical (unpaired) electrons. The molecule has 1 saturated carbocycles. The third kappa shape index (κ3) is 4.49. The van der Waals surface area contributed by atoms with Crippen molar-refractivity contribution in [1.29, 1.82) is 0 Å². The lowest BCUT2D eigenvalue weighted by atomic mass is 9.77. The van der Waals surface area contributed by atoms with E-state index in [9.17, 15) is 0 Å². The van der Waals surface area contributed by atoms with E-state index >= 15 is 0 Å². The molecule has 1 nitrogen and oxygen atoms in total. The molecule has 1 aromatic carbocycles. The maximum absolute atomic E-state index is 5.17. The lowest BCUT2D eigenvalue weighted by Crippen LogP contribution is -2.12. The summed E-state index contributed by atoms with van der Waals surface area (Å²) in [6, 6.07) is 9.04. The molecule has 0 spiro atoms. The molecule has 20 heavy (non-hydrogen) atoms. The molecular weight excluding hydrogens is 244 g/mol. The van der Waals surface area contributed by atoms with Crippen molar-refractivity contribution in [2.24, 2.45) is 5.92 Å². The second-order valence-corrected chi connectivity index (χ2v) is 6.01. The zero-order valence-electron chi connectivity index (χ0n) is 13.0. The molecule has 2 rings (SSSR count). The van der Waals surface area contributed by atoms with Crippen molar-refractivity contribution in [3.63, 3.8) is 0 Å². The van der Waals surface area contributed by atoms with Crippen LogP contribution in [0.3, 0.4) is 0 Å². The first-order valence-electron chi connectivity index (χ1n) is 8.06. The zero-order valence-corrected chi connectivity index (χ0v) is 13.0. The molecule has 1 aromatic rings. The quantitative estimate of drug-likeness (QED) is 0.624. The van der Waals surface area contributed by atoms with Crippen LogP contribution < -0.4 is 0 Å². The fraction of sp³-hybridized carbons (Fsp3) is 0.579. The molecule has 0 N–H and O–H groups in total. The molecule has 1 aliphatic rings. The van der Waals surface area contributed by atoms with Crippen LogP contribution in [-0.2, 0) is 11.3 Å². The van der Waals surface area contributed by atoms with Crippen LogP contribution in [0.25, 0.3) is 0 Å². The van der Waals surface area contributed by atoms with E-state index in [-0.39, 0.29) is 0 Å². The molecule has 0 amide bonds. The van der Waals surface area contributed by atoms with Crippen LogP contribution in [0, 0.1) is 5.92 Å². The van der Waals surface area contributed by atoms with Gasteiger partial charge < -0.3 is 4.74 Å². The van der Waals surface area contributed by atoms with Crippen molar-refractivity contribution in [3.05, 3.63) is 47.5 Å². The normalized spacial score (nSPS) is 23.3. The third-order valence-electron chi connectivity index (χ3n) is 4.48. The first-order chi connectivity index (χ1) is 9.83. The van der Waals surface area contributed by atoms with Gasteiger partial charge in [-0.3, -0.25) is 0 Å². The molecular formula is C19H28O. The summed E-state index contributed by atoms with van der Waals surface area (Å²) in [6.45, 7) is 2.93. The van der Waals surface area contributed by atoms with Crippen LogP contribution in [0.15, 0.2) is 36.4 Å². The lowest BCUT2D eigenvalue weighted by Gasteiger charge is -2.28. The molecule has 0 heterocycles. The molecule has 1 fully saturated rings. The van der Waals surface area contributed by atoms with Gasteiger partial charge in [-0.25, -0.2) is 0 Å². The summed E-state index contributed by atoms with van der Waals surface area (Å²) in [5, 5.41) is 0. The predicted octanol–water partition coefficient (Wildman–Crippen LogP) is 5.46. The molecule has 110 valence electrons. The van der Waals surface area contributed by atoms with Crippen molar-refractivity contribution in [2.45, 2.75) is 58.0 Å². The molecule has 0 aromatic heterocycles. The minimum atomic E-state index is 0.719. The Morgan fingerprint density at radius 1 is 1.05 bits per heavy atom. The number of hydrogen-bond donors (Lipinski definition) is 0. The Morgan fingerprint density at radius 2 is 1.75 bits per heavy atom. The van der Waals surface area contributed by atoms with E-state index < -0.39 is 0 Å². The zero-order chi connectivity index (χ0) is 14.2. The Balaban J connectivity index is 1.82. The summed E-state index contributed by atoms with van der Waals surface area (Å²) >= 11 is 0. The van der Waals surface area contributed by atoms with Crippen LogP contribution in [0.1, 0.15) is 62.5 Å². The number of rotatable bonds is 6. The Kier molecular flexibility index (Phi) is 6.32. The van der Waals surface area contributed by atoms with Gasteiger partial charge in [-0.05, 0) is 61.5 Å². The van der Waals surface area contributed by atoms with Gasteiger partial charge in [0.25, 0.3) is 0 Å². The fourth-order valence-electron chi connectivity index (χ4n) is 3.24. The summed E-state index contributed by atoms with van der Waals surface area (Å²) in [7, 11) is 1.75. The van der Waals surface area contributed by atoms with Crippen LogP contribution in [0.4, 0.5) is 0 Å². The van der Waals surface area contributed by atoms with Crippen LogP contribution in [0.5, 0.6) is 0 Å². The monoisotopic (exact) mass is 272 g/mol. The number of benzene rings is 1. The molecule has 0 unspecified atom stereocenters. The van der Waals surface area contributed by atoms with Gasteiger partial charge in [-0.15, -0.1) is 0 Å². The van der Waals surface area contributed by atoms with E-state index in [4.69, 9.17) is 4.74 Å². The van der Waals surface area contributed by atoms with E-state index in [1.54, 1.807) is 7.11 Å². The molecule has 0 saturated heterocycles. The standard InChI is InChI=1S/C19H28O/c1-3-4-5-6-16-7-11-18(12-8-16)19-13-9-17(10-14-19)15-20-2/h4-5,9-10,13-14,16,18H,3,6-8,11-12,15H2,1-2H3/t16-,18-. The second kappa shape index (κ2) is 8.26. The Morgan fingerprint density at radius 3 is 2.35 bits per heavy atom. The summed E-state index contributed by atoms with van der Waals surface area (Å²) in [5.41, 5.74) is 2.79. The van der Waals surface area contributed by atoms with E-state index in [0.717, 1.165) is 18.4 Å². The van der Waals surface area contributed by atoms with E-state index in [1.165, 1.54) is 49.7 Å². The van der Waals surface area contributed by atoms with Gasteiger partial charge in [-0.2, -0.15) is 0 Å². The average Bonchev–Trinajstić information content (AvgIpc) is 2.49. The maximum Gasteiger partial charge on any atom is 0.0713 e. The van der Waals surface area contributed by atoms with E-state index in [2.05, 4.69) is 43.3 Å². The van der Waals surface area contributed by atoms with Crippen LogP contribution in [0.2, 0.25) is 0 Å². The van der Waals surface area contributed by atoms with Gasteiger partial charge in [0.2, 0.25) is 0 Å². The predicted molar refractivity (Wildman–Crippen MR) is 85.9 cm³/mol. The number of methoxy groups -OCH3 is 1. The van der Waals surface area contributed by atoms with Gasteiger partial charge >= 0.3 is 0 Å². The minimum absolute atomic E-state index is 0.719. The average molecular weight is 272 g/mol. The van der Waals surface area contributed by atoms with Crippen molar-refractivity contribution in [1.82, 2.24) is 0 Å². The molecule has 0 atom stereocenters. The van der Waals surface area contributed by atoms with Gasteiger partial charge in [0.05, 0.1) is 6.61 Å². The minimum Gasteiger partial charge on any atom is -0.380 e. The number of hydrogen-bond acceptors (Lipinski definition) is 1. The highest BCUT2D eigenvalue weighted by Crippen LogP contribution is 2.37. The van der Waals surface area contributed by atoms with Gasteiger partial charge in [0.15, 0.2) is 0 Å². The van der Waals surface area contributed by atoms with Gasteiger partial charge in [0, 0.05) is 7.11 Å². The van der Waals surface area contributed by atoms with Crippen molar-refractivity contribution < 1.29 is 4.74 Å². The smallest absolute Gasteiger partial charge is 0.0713 e. The summed E-state index contributed by atoms with van der Waals surface area (Å²) in [6.07, 6.45) is 12.6. The van der Waals surface area contributed by atoms with Crippen molar-refractivity contribution in [2.75, 3.05) is 7.11 Å². The Labute approximate surface area is 124 Å². The Hall–Kier alpha value is -1.08. The first kappa shape index (κ1) is 15.3. The fourth-order valence-corrected chi connectivity index (χ4v) is 3.24. The summed E-state index contributed by atoms with van der Waals surface area (Å²) in [4.78, 5) is 0. The van der Waals surface area contributed by atoms with E-state index in [0.29, 0.717) is 0 Å². The van der Waals surface area contributed by atoms with Crippen LogP contribution in [-0.4, -0.2) is 7.11 Å². The highest BCUT2D eigenvalue weighted by Gasteiger charge is 2.21. The third-order valence-corrected chi connectivity index (χ3v) is 4.48. The maximum atomic E-state index is 5.17. The summed E-state index contributed by atoms with van der Waals surface area (Å²) in [5.74, 6) is 1.69. The topological polar surface area (TPSA) is 9.23 Å². The SMILES string of the molecule is CCC=CC[C@H]1CC[C@H](c2ccc(COC)cc2)CC1. The summed E-state index contributed by atoms with van der Waals surface area (Å²) < 4.78 is 5.17. The highest BCUT2D eigenvalue weighted by atomic mass is 16.5. The van der Waals surface area contributed by atoms with Crippen molar-refractivity contribution in [3.8, 4) is 0 Å². The highest BCUT2D eigenvalue weighted by molar-refractivity contribution is 5.25. The van der Waals surface area contributed by atoms with Gasteiger partial charge in [0.1, 0.15) is 0 Å². The lowest BCUT2D eigenvalue weighted by molar-refractivity contribution is 0.185. The molecule has 0 bridgehead atoms. The van der Waals surface area contributed by atoms with Crippen molar-refractivity contribution >= 4 is 0 Å². The largest absolute Gasteiger partial charge is 0.380 e. The second-order valence-electron chi connectivity index (χ2n) is 6.01. The van der Waals surface area contributed by atoms with Gasteiger partial charge in [-0.1, -0.05) is 43.3 Å². The van der Waals surface area contributed by atoms with Crippen LogP contribution >= 0.6 is 0 Å². The van der Waals surface area contributed by atoms with E-state index in [1.807, 2.05) is 0 Å². The first-order valence-corrected chi connectivity index (χ1v) is 8.06. The molecule has 1 heteroatoms.